The lowest BCUT2D eigenvalue weighted by Crippen LogP contribution is -2.55. The van der Waals surface area contributed by atoms with Gasteiger partial charge in [-0.1, -0.05) is 21.8 Å². The van der Waals surface area contributed by atoms with Gasteiger partial charge < -0.3 is 14.2 Å². The monoisotopic (exact) mass is 416 g/mol. The maximum atomic E-state index is 13.3. The highest BCUT2D eigenvalue weighted by Crippen LogP contribution is 2.36. The first kappa shape index (κ1) is 30.9. The summed E-state index contributed by atoms with van der Waals surface area (Å²) in [5.74, 6) is -3.55. The summed E-state index contributed by atoms with van der Waals surface area (Å²) < 4.78 is 53.7. The predicted octanol–water partition coefficient (Wildman–Crippen LogP) is 4.69. The molecule has 0 spiro atoms. The molecule has 0 aliphatic heterocycles. The number of halogens is 3. The third-order valence-corrected chi connectivity index (χ3v) is 3.83. The van der Waals surface area contributed by atoms with Crippen LogP contribution in [0.2, 0.25) is 0 Å². The first-order valence-corrected chi connectivity index (χ1v) is 8.13. The number of esters is 3. The summed E-state index contributed by atoms with van der Waals surface area (Å²) in [6.07, 6.45) is -4.67. The first-order valence-electron chi connectivity index (χ1n) is 8.13. The second-order valence-electron chi connectivity index (χ2n) is 7.68. The van der Waals surface area contributed by atoms with E-state index in [2.05, 4.69) is 9.47 Å². The largest absolute Gasteiger partial charge is 0.462 e. The molecular weight excluding hydrogens is 381 g/mol. The first-order chi connectivity index (χ1) is 11.5. The van der Waals surface area contributed by atoms with Crippen molar-refractivity contribution in [2.75, 3.05) is 13.2 Å². The van der Waals surface area contributed by atoms with Gasteiger partial charge in [-0.15, -0.1) is 0 Å². The minimum atomic E-state index is -5.17. The van der Waals surface area contributed by atoms with Crippen molar-refractivity contribution in [3.63, 3.8) is 0 Å². The zero-order valence-corrected chi connectivity index (χ0v) is 16.2. The molecule has 168 valence electrons. The number of hydrogen-bond donors (Lipinski definition) is 0. The molecule has 0 aliphatic carbocycles. The van der Waals surface area contributed by atoms with Crippen molar-refractivity contribution < 1.29 is 41.8 Å². The summed E-state index contributed by atoms with van der Waals surface area (Å²) >= 11 is 0. The van der Waals surface area contributed by atoms with Crippen LogP contribution in [0.15, 0.2) is 0 Å². The summed E-state index contributed by atoms with van der Waals surface area (Å²) in [6.45, 7) is 8.55. The van der Waals surface area contributed by atoms with E-state index in [9.17, 15) is 27.6 Å². The predicted molar refractivity (Wildman–Crippen MR) is 99.5 cm³/mol. The Morgan fingerprint density at radius 3 is 1.46 bits per heavy atom. The Balaban J connectivity index is -0.00000312. The van der Waals surface area contributed by atoms with Gasteiger partial charge in [0.25, 0.3) is 5.60 Å². The number of ether oxygens (including phenoxy) is 3. The number of hydrogen-bond acceptors (Lipinski definition) is 6. The highest BCUT2D eigenvalue weighted by molar-refractivity contribution is 5.85. The maximum absolute atomic E-state index is 13.3. The lowest BCUT2D eigenvalue weighted by molar-refractivity contribution is -0.268. The van der Waals surface area contributed by atoms with E-state index < -0.39 is 53.7 Å². The van der Waals surface area contributed by atoms with E-state index in [0.717, 1.165) is 0 Å². The topological polar surface area (TPSA) is 78.9 Å². The number of alkyl halides is 3. The number of carbonyl (C=O) groups excluding carboxylic acids is 3. The highest BCUT2D eigenvalue weighted by Gasteiger charge is 2.62. The van der Waals surface area contributed by atoms with Gasteiger partial charge in [-0.05, 0) is 48.0 Å². The van der Waals surface area contributed by atoms with Crippen molar-refractivity contribution in [2.24, 2.45) is 10.8 Å². The fraction of sp³-hybridized carbons (Fsp3) is 0.842. The Labute approximate surface area is 166 Å². The van der Waals surface area contributed by atoms with Crippen LogP contribution in [-0.4, -0.2) is 42.9 Å². The quantitative estimate of drug-likeness (QED) is 0.340. The molecular formula is C19H35F3O6. The molecule has 0 amide bonds. The molecule has 0 fully saturated rings. The third kappa shape index (κ3) is 8.06. The fourth-order valence-corrected chi connectivity index (χ4v) is 1.30. The standard InChI is InChI=1S/C17H27F3O6.2CH4/c1-8-15(5,6)12(22)24-9-10-25-13(23)16(7,17(18,19)20)26-11(21)14(2,3)4;;/h8-10H2,1-7H3;2*1H4. The van der Waals surface area contributed by atoms with E-state index in [1.165, 1.54) is 20.8 Å². The van der Waals surface area contributed by atoms with Gasteiger partial charge in [-0.3, -0.25) is 9.59 Å². The Bertz CT molecular complexity index is 535. The van der Waals surface area contributed by atoms with Crippen LogP contribution in [0.4, 0.5) is 13.2 Å². The second-order valence-corrected chi connectivity index (χ2v) is 7.68. The van der Waals surface area contributed by atoms with E-state index in [4.69, 9.17) is 4.74 Å². The van der Waals surface area contributed by atoms with Gasteiger partial charge >= 0.3 is 24.1 Å². The van der Waals surface area contributed by atoms with Crippen molar-refractivity contribution in [2.45, 2.75) is 81.5 Å². The molecule has 0 saturated carbocycles. The zero-order chi connectivity index (χ0) is 21.0. The van der Waals surface area contributed by atoms with Crippen LogP contribution >= 0.6 is 0 Å². The lowest BCUT2D eigenvalue weighted by atomic mass is 9.91. The molecule has 0 radical (unpaired) electrons. The van der Waals surface area contributed by atoms with E-state index in [1.807, 2.05) is 0 Å². The third-order valence-electron chi connectivity index (χ3n) is 3.83. The van der Waals surface area contributed by atoms with Crippen LogP contribution in [0.5, 0.6) is 0 Å². The SMILES string of the molecule is C.C.CCC(C)(C)C(=O)OCCOC(=O)C(C)(OC(=O)C(C)(C)C)C(F)(F)F. The Morgan fingerprint density at radius 1 is 0.750 bits per heavy atom. The van der Waals surface area contributed by atoms with Crippen LogP contribution in [0, 0.1) is 10.8 Å². The summed E-state index contributed by atoms with van der Waals surface area (Å²) in [6, 6.07) is 0. The van der Waals surface area contributed by atoms with Gasteiger partial charge in [-0.2, -0.15) is 13.2 Å². The lowest BCUT2D eigenvalue weighted by Gasteiger charge is -2.31. The normalized spacial score (nSPS) is 13.9. The van der Waals surface area contributed by atoms with E-state index >= 15 is 0 Å². The van der Waals surface area contributed by atoms with Crippen molar-refractivity contribution in [3.8, 4) is 0 Å². The van der Waals surface area contributed by atoms with Crippen LogP contribution in [0.3, 0.4) is 0 Å². The van der Waals surface area contributed by atoms with E-state index in [-0.39, 0.29) is 14.9 Å². The van der Waals surface area contributed by atoms with Crippen LogP contribution in [-0.2, 0) is 28.6 Å². The Morgan fingerprint density at radius 2 is 1.14 bits per heavy atom. The molecule has 9 heteroatoms. The molecule has 0 aliphatic rings. The van der Waals surface area contributed by atoms with Crippen molar-refractivity contribution in [3.05, 3.63) is 0 Å². The van der Waals surface area contributed by atoms with Crippen molar-refractivity contribution in [1.29, 1.82) is 0 Å². The minimum Gasteiger partial charge on any atom is -0.462 e. The average Bonchev–Trinajstić information content (AvgIpc) is 2.48. The van der Waals surface area contributed by atoms with E-state index in [1.54, 1.807) is 20.8 Å². The molecule has 0 bridgehead atoms. The van der Waals surface area contributed by atoms with Gasteiger partial charge in [0, 0.05) is 0 Å². The average molecular weight is 416 g/mol. The molecule has 0 N–H and O–H groups in total. The molecule has 6 nitrogen and oxygen atoms in total. The Hall–Kier alpha value is -1.80. The van der Waals surface area contributed by atoms with Crippen LogP contribution in [0.1, 0.15) is 69.7 Å². The maximum Gasteiger partial charge on any atom is 0.439 e. The smallest absolute Gasteiger partial charge is 0.439 e. The van der Waals surface area contributed by atoms with Gasteiger partial charge in [0.15, 0.2) is 0 Å². The molecule has 0 aromatic heterocycles. The molecule has 28 heavy (non-hydrogen) atoms. The second kappa shape index (κ2) is 10.7. The van der Waals surface area contributed by atoms with Crippen LogP contribution < -0.4 is 0 Å². The van der Waals surface area contributed by atoms with Crippen molar-refractivity contribution in [1.82, 2.24) is 0 Å². The summed E-state index contributed by atoms with van der Waals surface area (Å²) in [5, 5.41) is 0. The molecule has 0 aromatic carbocycles. The number of rotatable bonds is 7. The van der Waals surface area contributed by atoms with Gasteiger partial charge in [0.1, 0.15) is 13.2 Å². The van der Waals surface area contributed by atoms with Crippen molar-refractivity contribution >= 4 is 17.9 Å². The zero-order valence-electron chi connectivity index (χ0n) is 16.2. The highest BCUT2D eigenvalue weighted by atomic mass is 19.4. The van der Waals surface area contributed by atoms with Gasteiger partial charge in [0.2, 0.25) is 0 Å². The van der Waals surface area contributed by atoms with Gasteiger partial charge in [0.05, 0.1) is 10.8 Å². The molecule has 0 saturated heterocycles. The minimum absolute atomic E-state index is 0. The molecule has 0 aromatic rings. The molecule has 1 atom stereocenters. The number of carbonyl (C=O) groups is 3. The Kier molecular flexibility index (Phi) is 11.8. The molecule has 0 heterocycles. The summed E-state index contributed by atoms with van der Waals surface area (Å²) in [5.41, 5.74) is -5.45. The summed E-state index contributed by atoms with van der Waals surface area (Å²) in [4.78, 5) is 35.4. The van der Waals surface area contributed by atoms with Crippen LogP contribution in [0.25, 0.3) is 0 Å². The summed E-state index contributed by atoms with van der Waals surface area (Å²) in [7, 11) is 0. The molecule has 0 rings (SSSR count). The van der Waals surface area contributed by atoms with E-state index in [0.29, 0.717) is 13.3 Å². The van der Waals surface area contributed by atoms with Gasteiger partial charge in [-0.25, -0.2) is 4.79 Å². The fourth-order valence-electron chi connectivity index (χ4n) is 1.30. The molecule has 1 unspecified atom stereocenters.